The Morgan fingerprint density at radius 1 is 1.43 bits per heavy atom. The summed E-state index contributed by atoms with van der Waals surface area (Å²) in [5, 5.41) is 3.25. The number of pyridine rings is 1. The fourth-order valence-corrected chi connectivity index (χ4v) is 3.13. The van der Waals surface area contributed by atoms with Crippen LogP contribution in [0.15, 0.2) is 12.1 Å². The minimum absolute atomic E-state index is 0.633. The van der Waals surface area contributed by atoms with E-state index < -0.39 is 0 Å². The Morgan fingerprint density at radius 3 is 3.00 bits per heavy atom. The van der Waals surface area contributed by atoms with Crippen LogP contribution < -0.4 is 10.2 Å². The number of ether oxygens (including phenoxy) is 1. The number of piperidine rings is 1. The Balaban J connectivity index is 2.16. The summed E-state index contributed by atoms with van der Waals surface area (Å²) in [6.45, 7) is 6.15. The van der Waals surface area contributed by atoms with E-state index in [2.05, 4.69) is 29.3 Å². The molecule has 1 aliphatic rings. The molecular weight excluding hydrogens is 262 g/mol. The third kappa shape index (κ3) is 4.68. The van der Waals surface area contributed by atoms with Crippen molar-refractivity contribution in [3.8, 4) is 0 Å². The van der Waals surface area contributed by atoms with Gasteiger partial charge < -0.3 is 15.0 Å². The Hall–Kier alpha value is -1.13. The molecule has 0 radical (unpaired) electrons. The van der Waals surface area contributed by atoms with E-state index in [-0.39, 0.29) is 0 Å². The maximum atomic E-state index is 5.33. The van der Waals surface area contributed by atoms with Crippen molar-refractivity contribution in [1.82, 2.24) is 10.3 Å². The van der Waals surface area contributed by atoms with E-state index in [1.165, 1.54) is 24.1 Å². The van der Waals surface area contributed by atoms with E-state index in [1.807, 2.05) is 7.05 Å². The molecule has 4 heteroatoms. The van der Waals surface area contributed by atoms with Crippen LogP contribution in [0, 0.1) is 5.92 Å². The molecule has 1 saturated heterocycles. The zero-order valence-corrected chi connectivity index (χ0v) is 13.7. The van der Waals surface area contributed by atoms with Gasteiger partial charge in [0.1, 0.15) is 5.82 Å². The molecule has 118 valence electrons. The van der Waals surface area contributed by atoms with Gasteiger partial charge in [-0.3, -0.25) is 0 Å². The molecule has 2 rings (SSSR count). The predicted octanol–water partition coefficient (Wildman–Crippen LogP) is 2.62. The number of nitrogens with zero attached hydrogens (tertiary/aromatic N) is 2. The number of anilines is 1. The second kappa shape index (κ2) is 8.35. The van der Waals surface area contributed by atoms with Crippen LogP contribution >= 0.6 is 0 Å². The first-order chi connectivity index (χ1) is 10.3. The summed E-state index contributed by atoms with van der Waals surface area (Å²) in [4.78, 5) is 7.32. The molecule has 1 aromatic heterocycles. The highest BCUT2D eigenvalue weighted by Crippen LogP contribution is 2.23. The predicted molar refractivity (Wildman–Crippen MR) is 87.8 cm³/mol. The number of methoxy groups -OCH3 is 1. The first kappa shape index (κ1) is 16.2. The standard InChI is InChI=1S/C17H29N3O/c1-4-6-16-9-15(11-18-2)10-17(19-16)20-8-5-7-14(12-20)13-21-3/h9-10,14,18H,4-8,11-13H2,1-3H3. The number of aromatic nitrogens is 1. The van der Waals surface area contributed by atoms with Crippen molar-refractivity contribution in [1.29, 1.82) is 0 Å². The van der Waals surface area contributed by atoms with Crippen molar-refractivity contribution < 1.29 is 4.74 Å². The first-order valence-electron chi connectivity index (χ1n) is 8.15. The largest absolute Gasteiger partial charge is 0.384 e. The van der Waals surface area contributed by atoms with Crippen molar-refractivity contribution in [2.75, 3.05) is 38.8 Å². The maximum absolute atomic E-state index is 5.33. The molecule has 1 unspecified atom stereocenters. The average Bonchev–Trinajstić information content (AvgIpc) is 2.48. The van der Waals surface area contributed by atoms with Crippen LogP contribution in [-0.2, 0) is 17.7 Å². The first-order valence-corrected chi connectivity index (χ1v) is 8.15. The third-order valence-corrected chi connectivity index (χ3v) is 4.06. The summed E-state index contributed by atoms with van der Waals surface area (Å²) in [5.41, 5.74) is 2.55. The van der Waals surface area contributed by atoms with E-state index in [0.29, 0.717) is 5.92 Å². The topological polar surface area (TPSA) is 37.4 Å². The average molecular weight is 291 g/mol. The zero-order valence-electron chi connectivity index (χ0n) is 13.7. The Kier molecular flexibility index (Phi) is 6.46. The molecule has 2 heterocycles. The Labute approximate surface area is 128 Å². The molecule has 1 aliphatic heterocycles. The molecule has 0 bridgehead atoms. The number of rotatable bonds is 7. The second-order valence-electron chi connectivity index (χ2n) is 6.01. The van der Waals surface area contributed by atoms with Crippen LogP contribution in [-0.4, -0.2) is 38.8 Å². The van der Waals surface area contributed by atoms with Crippen LogP contribution in [0.2, 0.25) is 0 Å². The molecule has 4 nitrogen and oxygen atoms in total. The van der Waals surface area contributed by atoms with Crippen molar-refractivity contribution in [3.63, 3.8) is 0 Å². The summed E-state index contributed by atoms with van der Waals surface area (Å²) >= 11 is 0. The highest BCUT2D eigenvalue weighted by Gasteiger charge is 2.21. The summed E-state index contributed by atoms with van der Waals surface area (Å²) in [6.07, 6.45) is 4.69. The lowest BCUT2D eigenvalue weighted by Crippen LogP contribution is -2.37. The molecule has 0 aromatic carbocycles. The van der Waals surface area contributed by atoms with Crippen molar-refractivity contribution >= 4 is 5.82 Å². The molecule has 21 heavy (non-hydrogen) atoms. The minimum Gasteiger partial charge on any atom is -0.384 e. The minimum atomic E-state index is 0.633. The van der Waals surface area contributed by atoms with Crippen molar-refractivity contribution in [2.45, 2.75) is 39.2 Å². The maximum Gasteiger partial charge on any atom is 0.129 e. The van der Waals surface area contributed by atoms with Gasteiger partial charge in [-0.25, -0.2) is 4.98 Å². The molecule has 0 amide bonds. The van der Waals surface area contributed by atoms with Gasteiger partial charge in [0.05, 0.1) is 6.61 Å². The van der Waals surface area contributed by atoms with Crippen LogP contribution in [0.25, 0.3) is 0 Å². The summed E-state index contributed by atoms with van der Waals surface area (Å²) in [6, 6.07) is 4.48. The molecule has 1 atom stereocenters. The highest BCUT2D eigenvalue weighted by molar-refractivity contribution is 5.43. The second-order valence-corrected chi connectivity index (χ2v) is 6.01. The molecular formula is C17H29N3O. The van der Waals surface area contributed by atoms with Gasteiger partial charge in [0.25, 0.3) is 0 Å². The summed E-state index contributed by atoms with van der Waals surface area (Å²) in [7, 11) is 3.79. The van der Waals surface area contributed by atoms with Gasteiger partial charge in [-0.1, -0.05) is 13.3 Å². The van der Waals surface area contributed by atoms with Crippen LogP contribution in [0.4, 0.5) is 5.82 Å². The van der Waals surface area contributed by atoms with Crippen LogP contribution in [0.5, 0.6) is 0 Å². The van der Waals surface area contributed by atoms with Gasteiger partial charge in [-0.05, 0) is 49.9 Å². The van der Waals surface area contributed by atoms with Gasteiger partial charge in [0.2, 0.25) is 0 Å². The van der Waals surface area contributed by atoms with Crippen LogP contribution in [0.1, 0.15) is 37.4 Å². The lowest BCUT2D eigenvalue weighted by molar-refractivity contribution is 0.143. The Morgan fingerprint density at radius 2 is 2.29 bits per heavy atom. The molecule has 0 spiro atoms. The highest BCUT2D eigenvalue weighted by atomic mass is 16.5. The van der Waals surface area contributed by atoms with E-state index in [1.54, 1.807) is 7.11 Å². The zero-order chi connectivity index (χ0) is 15.1. The smallest absolute Gasteiger partial charge is 0.129 e. The van der Waals surface area contributed by atoms with Gasteiger partial charge in [0.15, 0.2) is 0 Å². The lowest BCUT2D eigenvalue weighted by atomic mass is 9.99. The lowest BCUT2D eigenvalue weighted by Gasteiger charge is -2.33. The monoisotopic (exact) mass is 291 g/mol. The number of nitrogens with one attached hydrogen (secondary N) is 1. The van der Waals surface area contributed by atoms with E-state index >= 15 is 0 Å². The van der Waals surface area contributed by atoms with Crippen molar-refractivity contribution in [2.24, 2.45) is 5.92 Å². The number of hydrogen-bond donors (Lipinski definition) is 1. The molecule has 1 N–H and O–H groups in total. The quantitative estimate of drug-likeness (QED) is 0.838. The van der Waals surface area contributed by atoms with Crippen molar-refractivity contribution in [3.05, 3.63) is 23.4 Å². The van der Waals surface area contributed by atoms with Gasteiger partial charge in [-0.15, -0.1) is 0 Å². The van der Waals surface area contributed by atoms with Gasteiger partial charge in [-0.2, -0.15) is 0 Å². The molecule has 0 aliphatic carbocycles. The van der Waals surface area contributed by atoms with Crippen LogP contribution in [0.3, 0.4) is 0 Å². The third-order valence-electron chi connectivity index (χ3n) is 4.06. The number of aryl methyl sites for hydroxylation is 1. The summed E-state index contributed by atoms with van der Waals surface area (Å²) in [5.74, 6) is 1.78. The molecule has 1 fully saturated rings. The summed E-state index contributed by atoms with van der Waals surface area (Å²) < 4.78 is 5.33. The fourth-order valence-electron chi connectivity index (χ4n) is 3.13. The van der Waals surface area contributed by atoms with Gasteiger partial charge >= 0.3 is 0 Å². The van der Waals surface area contributed by atoms with E-state index in [9.17, 15) is 0 Å². The van der Waals surface area contributed by atoms with Gasteiger partial charge in [0, 0.05) is 32.4 Å². The normalized spacial score (nSPS) is 19.0. The number of hydrogen-bond acceptors (Lipinski definition) is 4. The Bertz CT molecular complexity index is 410. The SMILES string of the molecule is CCCc1cc(CNC)cc(N2CCCC(COC)C2)n1. The molecule has 1 aromatic rings. The van der Waals surface area contributed by atoms with E-state index in [4.69, 9.17) is 9.72 Å². The molecule has 0 saturated carbocycles. The van der Waals surface area contributed by atoms with E-state index in [0.717, 1.165) is 44.9 Å². The fraction of sp³-hybridized carbons (Fsp3) is 0.706.